The van der Waals surface area contributed by atoms with Gasteiger partial charge in [-0.1, -0.05) is 41.9 Å². The summed E-state index contributed by atoms with van der Waals surface area (Å²) in [6, 6.07) is 13.3. The second-order valence-electron chi connectivity index (χ2n) is 6.00. The molecule has 5 nitrogen and oxygen atoms in total. The summed E-state index contributed by atoms with van der Waals surface area (Å²) < 4.78 is 16.9. The average molecular weight is 360 g/mol. The molecule has 2 aromatic rings. The van der Waals surface area contributed by atoms with E-state index in [1.165, 1.54) is 0 Å². The van der Waals surface area contributed by atoms with Crippen molar-refractivity contribution in [2.45, 2.75) is 6.10 Å². The van der Waals surface area contributed by atoms with Crippen molar-refractivity contribution in [2.75, 3.05) is 32.9 Å². The number of ether oxygens (including phenoxy) is 3. The van der Waals surface area contributed by atoms with Crippen molar-refractivity contribution in [3.05, 3.63) is 58.6 Å². The fourth-order valence-electron chi connectivity index (χ4n) is 3.12. The predicted octanol–water partition coefficient (Wildman–Crippen LogP) is 3.32. The van der Waals surface area contributed by atoms with Gasteiger partial charge in [0.05, 0.1) is 18.2 Å². The maximum Gasteiger partial charge on any atom is 0.254 e. The molecule has 25 heavy (non-hydrogen) atoms. The molecular formula is C19H18ClNO4. The number of halogens is 1. The van der Waals surface area contributed by atoms with Crippen molar-refractivity contribution in [3.8, 4) is 11.5 Å². The fourth-order valence-corrected chi connectivity index (χ4v) is 3.39. The van der Waals surface area contributed by atoms with E-state index in [0.29, 0.717) is 55.0 Å². The fraction of sp³-hybridized carbons (Fsp3) is 0.316. The molecule has 6 heteroatoms. The molecule has 2 aliphatic heterocycles. The molecule has 2 heterocycles. The highest BCUT2D eigenvalue weighted by Crippen LogP contribution is 2.38. The van der Waals surface area contributed by atoms with Gasteiger partial charge in [0.1, 0.15) is 19.3 Å². The van der Waals surface area contributed by atoms with Crippen molar-refractivity contribution in [1.82, 2.24) is 4.90 Å². The first-order valence-electron chi connectivity index (χ1n) is 8.27. The molecule has 0 bridgehead atoms. The molecule has 1 fully saturated rings. The van der Waals surface area contributed by atoms with Gasteiger partial charge in [-0.3, -0.25) is 4.79 Å². The third-order valence-corrected chi connectivity index (χ3v) is 4.65. The number of nitrogens with zero attached hydrogens (tertiary/aromatic N) is 1. The number of morpholine rings is 1. The average Bonchev–Trinajstić information content (AvgIpc) is 2.68. The zero-order chi connectivity index (χ0) is 17.2. The lowest BCUT2D eigenvalue weighted by molar-refractivity contribution is -0.0228. The van der Waals surface area contributed by atoms with Crippen LogP contribution in [0.5, 0.6) is 11.5 Å². The number of fused-ring (bicyclic) bond motifs is 1. The Morgan fingerprint density at radius 1 is 1.08 bits per heavy atom. The van der Waals surface area contributed by atoms with Crippen molar-refractivity contribution >= 4 is 17.5 Å². The highest BCUT2D eigenvalue weighted by molar-refractivity contribution is 6.32. The summed E-state index contributed by atoms with van der Waals surface area (Å²) in [6.07, 6.45) is -0.119. The van der Waals surface area contributed by atoms with E-state index in [-0.39, 0.29) is 12.0 Å². The van der Waals surface area contributed by atoms with Crippen molar-refractivity contribution in [1.29, 1.82) is 0 Å². The molecule has 1 amide bonds. The van der Waals surface area contributed by atoms with Gasteiger partial charge in [0.15, 0.2) is 11.5 Å². The van der Waals surface area contributed by atoms with Crippen LogP contribution >= 0.6 is 11.6 Å². The van der Waals surface area contributed by atoms with Gasteiger partial charge in [0.2, 0.25) is 0 Å². The van der Waals surface area contributed by atoms with Crippen LogP contribution in [0.3, 0.4) is 0 Å². The standard InChI is InChI=1S/C19H18ClNO4/c20-15-10-14(11-16-18(15)25-9-8-24-16)19(22)21-6-7-23-17(12-21)13-4-2-1-3-5-13/h1-5,10-11,17H,6-9,12H2/t17-/m1/s1. The van der Waals surface area contributed by atoms with Crippen LogP contribution < -0.4 is 9.47 Å². The Hall–Kier alpha value is -2.24. The van der Waals surface area contributed by atoms with Crippen LogP contribution in [0, 0.1) is 0 Å². The maximum atomic E-state index is 12.9. The second-order valence-corrected chi connectivity index (χ2v) is 6.41. The summed E-state index contributed by atoms with van der Waals surface area (Å²) >= 11 is 6.25. The predicted molar refractivity (Wildman–Crippen MR) is 93.5 cm³/mol. The summed E-state index contributed by atoms with van der Waals surface area (Å²) in [6.45, 7) is 2.48. The van der Waals surface area contributed by atoms with Gasteiger partial charge >= 0.3 is 0 Å². The molecule has 0 unspecified atom stereocenters. The largest absolute Gasteiger partial charge is 0.486 e. The van der Waals surface area contributed by atoms with Crippen molar-refractivity contribution < 1.29 is 19.0 Å². The van der Waals surface area contributed by atoms with Gasteiger partial charge in [-0.05, 0) is 17.7 Å². The van der Waals surface area contributed by atoms with Gasteiger partial charge in [0.25, 0.3) is 5.91 Å². The molecule has 130 valence electrons. The minimum atomic E-state index is -0.119. The number of amides is 1. The third kappa shape index (κ3) is 3.30. The van der Waals surface area contributed by atoms with Crippen molar-refractivity contribution in [2.24, 2.45) is 0 Å². The highest BCUT2D eigenvalue weighted by Gasteiger charge is 2.28. The van der Waals surface area contributed by atoms with Crippen LogP contribution in [0.25, 0.3) is 0 Å². The Morgan fingerprint density at radius 2 is 1.88 bits per heavy atom. The molecule has 0 aliphatic carbocycles. The van der Waals surface area contributed by atoms with Gasteiger partial charge in [-0.25, -0.2) is 0 Å². The lowest BCUT2D eigenvalue weighted by Crippen LogP contribution is -2.42. The first-order chi connectivity index (χ1) is 12.2. The summed E-state index contributed by atoms with van der Waals surface area (Å²) in [5.74, 6) is 0.951. The van der Waals surface area contributed by atoms with Crippen LogP contribution in [0.4, 0.5) is 0 Å². The summed E-state index contributed by atoms with van der Waals surface area (Å²) in [4.78, 5) is 14.7. The van der Waals surface area contributed by atoms with E-state index in [1.54, 1.807) is 17.0 Å². The van der Waals surface area contributed by atoms with Gasteiger partial charge in [0, 0.05) is 12.1 Å². The molecule has 1 saturated heterocycles. The molecule has 0 radical (unpaired) electrons. The van der Waals surface area contributed by atoms with Crippen LogP contribution in [-0.2, 0) is 4.74 Å². The molecular weight excluding hydrogens is 342 g/mol. The van der Waals surface area contributed by atoms with E-state index in [1.807, 2.05) is 30.3 Å². The number of rotatable bonds is 2. The zero-order valence-corrected chi connectivity index (χ0v) is 14.4. The van der Waals surface area contributed by atoms with E-state index >= 15 is 0 Å². The van der Waals surface area contributed by atoms with Crippen LogP contribution in [0.2, 0.25) is 5.02 Å². The monoisotopic (exact) mass is 359 g/mol. The molecule has 0 spiro atoms. The molecule has 0 aromatic heterocycles. The molecule has 4 rings (SSSR count). The van der Waals surface area contributed by atoms with Crippen molar-refractivity contribution in [3.63, 3.8) is 0 Å². The lowest BCUT2D eigenvalue weighted by Gasteiger charge is -2.33. The zero-order valence-electron chi connectivity index (χ0n) is 13.6. The number of hydrogen-bond acceptors (Lipinski definition) is 4. The summed E-state index contributed by atoms with van der Waals surface area (Å²) in [7, 11) is 0. The van der Waals surface area contributed by atoms with E-state index in [9.17, 15) is 4.79 Å². The van der Waals surface area contributed by atoms with E-state index in [4.69, 9.17) is 25.8 Å². The molecule has 2 aromatic carbocycles. The van der Waals surface area contributed by atoms with Gasteiger partial charge in [-0.2, -0.15) is 0 Å². The number of carbonyl (C=O) groups is 1. The van der Waals surface area contributed by atoms with Gasteiger partial charge < -0.3 is 19.1 Å². The first kappa shape index (κ1) is 16.2. The highest BCUT2D eigenvalue weighted by atomic mass is 35.5. The Labute approximate surface area is 151 Å². The minimum absolute atomic E-state index is 0.0805. The Kier molecular flexibility index (Phi) is 4.51. The van der Waals surface area contributed by atoms with E-state index < -0.39 is 0 Å². The normalized spacial score (nSPS) is 19.6. The topological polar surface area (TPSA) is 48.0 Å². The first-order valence-corrected chi connectivity index (χ1v) is 8.65. The molecule has 0 N–H and O–H groups in total. The number of carbonyl (C=O) groups excluding carboxylic acids is 1. The molecule has 1 atom stereocenters. The Morgan fingerprint density at radius 3 is 2.72 bits per heavy atom. The van der Waals surface area contributed by atoms with Crippen LogP contribution in [-0.4, -0.2) is 43.7 Å². The summed E-state index contributed by atoms with van der Waals surface area (Å²) in [5.41, 5.74) is 1.57. The Balaban J connectivity index is 1.55. The SMILES string of the molecule is O=C(c1cc(Cl)c2c(c1)OCCO2)N1CCO[C@@H](c2ccccc2)C1. The summed E-state index contributed by atoms with van der Waals surface area (Å²) in [5, 5.41) is 0.397. The van der Waals surface area contributed by atoms with Crippen LogP contribution in [0.15, 0.2) is 42.5 Å². The van der Waals surface area contributed by atoms with Gasteiger partial charge in [-0.15, -0.1) is 0 Å². The number of hydrogen-bond donors (Lipinski definition) is 0. The maximum absolute atomic E-state index is 12.9. The smallest absolute Gasteiger partial charge is 0.254 e. The van der Waals surface area contributed by atoms with Crippen LogP contribution in [0.1, 0.15) is 22.0 Å². The molecule has 0 saturated carbocycles. The lowest BCUT2D eigenvalue weighted by atomic mass is 10.1. The second kappa shape index (κ2) is 6.94. The molecule has 2 aliphatic rings. The van der Waals surface area contributed by atoms with E-state index in [2.05, 4.69) is 0 Å². The Bertz CT molecular complexity index is 780. The van der Waals surface area contributed by atoms with E-state index in [0.717, 1.165) is 5.56 Å². The third-order valence-electron chi connectivity index (χ3n) is 4.37. The number of benzene rings is 2. The minimum Gasteiger partial charge on any atom is -0.486 e. The quantitative estimate of drug-likeness (QED) is 0.825.